The van der Waals surface area contributed by atoms with Gasteiger partial charge in [0.15, 0.2) is 5.82 Å². The number of nitrogens with one attached hydrogen (secondary N) is 2. The number of nitrogens with zero attached hydrogens (tertiary/aromatic N) is 2. The SMILES string of the molecule is CNCc1ccc(S(=O)(=O)Nc2ccn(C)n2)c(Br)c1. The van der Waals surface area contributed by atoms with E-state index in [0.29, 0.717) is 16.8 Å². The number of halogens is 1. The summed E-state index contributed by atoms with van der Waals surface area (Å²) < 4.78 is 29.1. The summed E-state index contributed by atoms with van der Waals surface area (Å²) in [5, 5.41) is 7.01. The monoisotopic (exact) mass is 358 g/mol. The fourth-order valence-electron chi connectivity index (χ4n) is 1.74. The van der Waals surface area contributed by atoms with Crippen molar-refractivity contribution >= 4 is 31.8 Å². The average Bonchev–Trinajstić information content (AvgIpc) is 2.74. The van der Waals surface area contributed by atoms with Crippen LogP contribution < -0.4 is 10.0 Å². The lowest BCUT2D eigenvalue weighted by atomic mass is 10.2. The molecule has 1 aromatic carbocycles. The molecule has 8 heteroatoms. The first-order valence-electron chi connectivity index (χ1n) is 5.88. The molecule has 0 fully saturated rings. The van der Waals surface area contributed by atoms with Crippen LogP contribution in [0.25, 0.3) is 0 Å². The molecular formula is C12H15BrN4O2S. The van der Waals surface area contributed by atoms with Crippen molar-refractivity contribution in [3.63, 3.8) is 0 Å². The van der Waals surface area contributed by atoms with E-state index in [4.69, 9.17) is 0 Å². The van der Waals surface area contributed by atoms with Gasteiger partial charge in [0, 0.05) is 30.3 Å². The predicted octanol–water partition coefficient (Wildman–Crippen LogP) is 1.70. The first-order valence-corrected chi connectivity index (χ1v) is 8.15. The minimum absolute atomic E-state index is 0.183. The lowest BCUT2D eigenvalue weighted by Crippen LogP contribution is -2.14. The molecule has 0 bridgehead atoms. The molecule has 0 saturated carbocycles. The maximum Gasteiger partial charge on any atom is 0.264 e. The zero-order valence-electron chi connectivity index (χ0n) is 11.1. The van der Waals surface area contributed by atoms with E-state index in [-0.39, 0.29) is 4.90 Å². The summed E-state index contributed by atoms with van der Waals surface area (Å²) >= 11 is 3.30. The summed E-state index contributed by atoms with van der Waals surface area (Å²) in [6, 6.07) is 6.72. The molecule has 2 aromatic rings. The van der Waals surface area contributed by atoms with Crippen molar-refractivity contribution in [1.29, 1.82) is 0 Å². The van der Waals surface area contributed by atoms with Crippen LogP contribution in [0.4, 0.5) is 5.82 Å². The van der Waals surface area contributed by atoms with Gasteiger partial charge in [0.1, 0.15) is 4.90 Å². The Hall–Kier alpha value is -1.38. The molecule has 0 aliphatic carbocycles. The molecule has 108 valence electrons. The minimum Gasteiger partial charge on any atom is -0.316 e. The van der Waals surface area contributed by atoms with Gasteiger partial charge in [0.05, 0.1) is 0 Å². The standard InChI is InChI=1S/C12H15BrN4O2S/c1-14-8-9-3-4-11(10(13)7-9)20(18,19)16-12-5-6-17(2)15-12/h3-7,14H,8H2,1-2H3,(H,15,16). The highest BCUT2D eigenvalue weighted by molar-refractivity contribution is 9.10. The highest BCUT2D eigenvalue weighted by Gasteiger charge is 2.18. The number of hydrogen-bond donors (Lipinski definition) is 2. The van der Waals surface area contributed by atoms with E-state index in [2.05, 4.69) is 31.1 Å². The zero-order chi connectivity index (χ0) is 14.8. The van der Waals surface area contributed by atoms with Gasteiger partial charge in [0.2, 0.25) is 0 Å². The van der Waals surface area contributed by atoms with Gasteiger partial charge in [-0.15, -0.1) is 0 Å². The second kappa shape index (κ2) is 5.94. The summed E-state index contributed by atoms with van der Waals surface area (Å²) in [7, 11) is -0.0985. The Bertz CT molecular complexity index is 712. The lowest BCUT2D eigenvalue weighted by Gasteiger charge is -2.09. The van der Waals surface area contributed by atoms with E-state index >= 15 is 0 Å². The van der Waals surface area contributed by atoms with Gasteiger partial charge < -0.3 is 5.32 Å². The molecule has 6 nitrogen and oxygen atoms in total. The quantitative estimate of drug-likeness (QED) is 0.852. The van der Waals surface area contributed by atoms with Gasteiger partial charge in [-0.2, -0.15) is 5.10 Å². The number of hydrogen-bond acceptors (Lipinski definition) is 4. The Morgan fingerprint density at radius 2 is 2.10 bits per heavy atom. The smallest absolute Gasteiger partial charge is 0.264 e. The van der Waals surface area contributed by atoms with Crippen molar-refractivity contribution in [2.24, 2.45) is 7.05 Å². The first kappa shape index (κ1) is 15.0. The van der Waals surface area contributed by atoms with E-state index in [0.717, 1.165) is 5.56 Å². The maximum absolute atomic E-state index is 12.3. The molecule has 2 rings (SSSR count). The number of rotatable bonds is 5. The van der Waals surface area contributed by atoms with Crippen molar-refractivity contribution in [2.45, 2.75) is 11.4 Å². The predicted molar refractivity (Wildman–Crippen MR) is 80.9 cm³/mol. The Balaban J connectivity index is 2.29. The van der Waals surface area contributed by atoms with Crippen LogP contribution in [-0.4, -0.2) is 25.2 Å². The maximum atomic E-state index is 12.3. The molecule has 20 heavy (non-hydrogen) atoms. The van der Waals surface area contributed by atoms with Crippen LogP contribution in [0.2, 0.25) is 0 Å². The number of anilines is 1. The third kappa shape index (κ3) is 3.38. The Morgan fingerprint density at radius 3 is 2.65 bits per heavy atom. The summed E-state index contributed by atoms with van der Waals surface area (Å²) in [6.07, 6.45) is 1.67. The van der Waals surface area contributed by atoms with Gasteiger partial charge in [-0.3, -0.25) is 9.40 Å². The Labute approximate surface area is 126 Å². The van der Waals surface area contributed by atoms with Crippen molar-refractivity contribution in [1.82, 2.24) is 15.1 Å². The topological polar surface area (TPSA) is 76.0 Å². The van der Waals surface area contributed by atoms with Crippen LogP contribution in [0, 0.1) is 0 Å². The second-order valence-corrected chi connectivity index (χ2v) is 6.78. The molecule has 1 heterocycles. The van der Waals surface area contributed by atoms with E-state index in [9.17, 15) is 8.42 Å². The number of benzene rings is 1. The van der Waals surface area contributed by atoms with Gasteiger partial charge in [-0.25, -0.2) is 8.42 Å². The molecule has 0 aliphatic heterocycles. The second-order valence-electron chi connectivity index (χ2n) is 4.28. The van der Waals surface area contributed by atoms with Crippen molar-refractivity contribution in [3.8, 4) is 0 Å². The fourth-order valence-corrected chi connectivity index (χ4v) is 3.86. The van der Waals surface area contributed by atoms with Crippen LogP contribution in [0.1, 0.15) is 5.56 Å². The fraction of sp³-hybridized carbons (Fsp3) is 0.250. The highest BCUT2D eigenvalue weighted by Crippen LogP contribution is 2.25. The molecular weight excluding hydrogens is 344 g/mol. The highest BCUT2D eigenvalue weighted by atomic mass is 79.9. The summed E-state index contributed by atoms with van der Waals surface area (Å²) in [6.45, 7) is 0.673. The molecule has 0 amide bonds. The van der Waals surface area contributed by atoms with Crippen LogP contribution in [0.3, 0.4) is 0 Å². The lowest BCUT2D eigenvalue weighted by molar-refractivity contribution is 0.600. The zero-order valence-corrected chi connectivity index (χ0v) is 13.5. The van der Waals surface area contributed by atoms with Gasteiger partial charge >= 0.3 is 0 Å². The summed E-state index contributed by atoms with van der Waals surface area (Å²) in [5.41, 5.74) is 0.996. The van der Waals surface area contributed by atoms with Crippen LogP contribution in [-0.2, 0) is 23.6 Å². The van der Waals surface area contributed by atoms with Gasteiger partial charge in [0.25, 0.3) is 10.0 Å². The van der Waals surface area contributed by atoms with E-state index in [1.54, 1.807) is 37.5 Å². The third-order valence-electron chi connectivity index (χ3n) is 2.62. The summed E-state index contributed by atoms with van der Waals surface area (Å²) in [4.78, 5) is 0.183. The van der Waals surface area contributed by atoms with Crippen LogP contribution in [0.5, 0.6) is 0 Å². The normalized spacial score (nSPS) is 11.6. The van der Waals surface area contributed by atoms with E-state index < -0.39 is 10.0 Å². The van der Waals surface area contributed by atoms with Crippen molar-refractivity contribution in [3.05, 3.63) is 40.5 Å². The summed E-state index contributed by atoms with van der Waals surface area (Å²) in [5.74, 6) is 0.290. The number of aryl methyl sites for hydroxylation is 1. The molecule has 0 unspecified atom stereocenters. The number of sulfonamides is 1. The molecule has 0 radical (unpaired) electrons. The van der Waals surface area contributed by atoms with Crippen molar-refractivity contribution < 1.29 is 8.42 Å². The average molecular weight is 359 g/mol. The minimum atomic E-state index is -3.66. The Morgan fingerprint density at radius 1 is 1.35 bits per heavy atom. The van der Waals surface area contributed by atoms with E-state index in [1.165, 1.54) is 4.68 Å². The molecule has 0 saturated heterocycles. The van der Waals surface area contributed by atoms with Crippen LogP contribution in [0.15, 0.2) is 39.8 Å². The van der Waals surface area contributed by atoms with Crippen molar-refractivity contribution in [2.75, 3.05) is 11.8 Å². The molecule has 0 atom stereocenters. The largest absolute Gasteiger partial charge is 0.316 e. The molecule has 0 aliphatic rings. The van der Waals surface area contributed by atoms with E-state index in [1.807, 2.05) is 7.05 Å². The van der Waals surface area contributed by atoms with Gasteiger partial charge in [-0.1, -0.05) is 6.07 Å². The Kier molecular flexibility index (Phi) is 4.46. The number of aromatic nitrogens is 2. The molecule has 1 aromatic heterocycles. The third-order valence-corrected chi connectivity index (χ3v) is 4.95. The van der Waals surface area contributed by atoms with Crippen LogP contribution >= 0.6 is 15.9 Å². The first-order chi connectivity index (χ1) is 9.42. The van der Waals surface area contributed by atoms with Gasteiger partial charge in [-0.05, 0) is 40.7 Å². The molecule has 2 N–H and O–H groups in total. The molecule has 0 spiro atoms.